The number of hydrogen-bond acceptors (Lipinski definition) is 2. The summed E-state index contributed by atoms with van der Waals surface area (Å²) in [7, 11) is 0. The number of nitriles is 1. The van der Waals surface area contributed by atoms with Gasteiger partial charge >= 0.3 is 0 Å². The highest BCUT2D eigenvalue weighted by atomic mass is 16.2. The van der Waals surface area contributed by atoms with Crippen LogP contribution < -0.4 is 15.1 Å². The molecule has 0 bridgehead atoms. The monoisotopic (exact) mass is 384 g/mol. The molecule has 0 radical (unpaired) electrons. The molecule has 1 heterocycles. The van der Waals surface area contributed by atoms with E-state index in [1.807, 2.05) is 12.1 Å². The van der Waals surface area contributed by atoms with Crippen LogP contribution >= 0.6 is 0 Å². The van der Waals surface area contributed by atoms with Crippen LogP contribution in [0.5, 0.6) is 0 Å². The Balaban J connectivity index is 1.45. The molecule has 1 aromatic rings. The molecule has 152 valence electrons. The molecule has 1 aromatic carbocycles. The molecular formula is C23H36N4O+2. The van der Waals surface area contributed by atoms with E-state index in [9.17, 15) is 4.79 Å². The van der Waals surface area contributed by atoms with Gasteiger partial charge in [-0.05, 0) is 37.3 Å². The smallest absolute Gasteiger partial charge is 0.278 e. The largest absolute Gasteiger partial charge is 0.348 e. The third-order valence-electron chi connectivity index (χ3n) is 7.18. The van der Waals surface area contributed by atoms with Gasteiger partial charge in [-0.15, -0.1) is 0 Å². The molecule has 5 heteroatoms. The highest BCUT2D eigenvalue weighted by Crippen LogP contribution is 2.29. The second-order valence-corrected chi connectivity index (χ2v) is 9.00. The second kappa shape index (κ2) is 9.54. The maximum Gasteiger partial charge on any atom is 0.278 e. The van der Waals surface area contributed by atoms with Crippen LogP contribution in [0.1, 0.15) is 51.2 Å². The average Bonchev–Trinajstić information content (AvgIpc) is 2.72. The molecule has 5 nitrogen and oxygen atoms in total. The van der Waals surface area contributed by atoms with E-state index in [4.69, 9.17) is 5.26 Å². The highest BCUT2D eigenvalue weighted by molar-refractivity contribution is 5.80. The van der Waals surface area contributed by atoms with E-state index >= 15 is 0 Å². The Labute approximate surface area is 169 Å². The first-order valence-corrected chi connectivity index (χ1v) is 11.0. The zero-order chi connectivity index (χ0) is 20.1. The summed E-state index contributed by atoms with van der Waals surface area (Å²) >= 11 is 0. The Morgan fingerprint density at radius 1 is 1.18 bits per heavy atom. The van der Waals surface area contributed by atoms with Gasteiger partial charge in [0.2, 0.25) is 0 Å². The molecule has 1 saturated carbocycles. The van der Waals surface area contributed by atoms with E-state index in [1.165, 1.54) is 23.3 Å². The van der Waals surface area contributed by atoms with E-state index in [2.05, 4.69) is 44.3 Å². The summed E-state index contributed by atoms with van der Waals surface area (Å²) in [6.45, 7) is 11.9. The van der Waals surface area contributed by atoms with Gasteiger partial charge in [-0.2, -0.15) is 5.26 Å². The molecule has 0 spiro atoms. The summed E-state index contributed by atoms with van der Waals surface area (Å²) in [5.41, 5.74) is 2.00. The first-order valence-electron chi connectivity index (χ1n) is 11.0. The van der Waals surface area contributed by atoms with Gasteiger partial charge in [0.25, 0.3) is 5.91 Å². The zero-order valence-corrected chi connectivity index (χ0v) is 17.6. The normalized spacial score (nSPS) is 31.6. The lowest BCUT2D eigenvalue weighted by Crippen LogP contribution is -3.29. The van der Waals surface area contributed by atoms with Crippen molar-refractivity contribution in [3.05, 3.63) is 35.4 Å². The van der Waals surface area contributed by atoms with Crippen molar-refractivity contribution in [1.29, 1.82) is 5.26 Å². The Bertz CT molecular complexity index is 688. The number of carbonyl (C=O) groups excluding carboxylic acids is 1. The van der Waals surface area contributed by atoms with Crippen LogP contribution in [0.2, 0.25) is 0 Å². The third-order valence-corrected chi connectivity index (χ3v) is 7.18. The molecule has 0 aromatic heterocycles. The minimum Gasteiger partial charge on any atom is -0.348 e. The fraction of sp³-hybridized carbons (Fsp3) is 0.652. The number of carbonyl (C=O) groups is 1. The number of piperazine rings is 1. The minimum absolute atomic E-state index is 0.0286. The molecule has 3 N–H and O–H groups in total. The number of hydrogen-bond donors (Lipinski definition) is 3. The van der Waals surface area contributed by atoms with Crippen LogP contribution in [-0.4, -0.2) is 44.2 Å². The fourth-order valence-corrected chi connectivity index (χ4v) is 4.80. The van der Waals surface area contributed by atoms with Crippen molar-refractivity contribution in [2.45, 2.75) is 58.7 Å². The van der Waals surface area contributed by atoms with Crippen molar-refractivity contribution >= 4 is 5.91 Å². The summed E-state index contributed by atoms with van der Waals surface area (Å²) < 4.78 is 0. The summed E-state index contributed by atoms with van der Waals surface area (Å²) in [4.78, 5) is 15.8. The van der Waals surface area contributed by atoms with Crippen molar-refractivity contribution < 1.29 is 14.6 Å². The lowest BCUT2D eigenvalue weighted by Gasteiger charge is -2.37. The predicted molar refractivity (Wildman–Crippen MR) is 110 cm³/mol. The van der Waals surface area contributed by atoms with E-state index in [1.54, 1.807) is 4.90 Å². The van der Waals surface area contributed by atoms with Gasteiger partial charge in [-0.3, -0.25) is 4.79 Å². The van der Waals surface area contributed by atoms with Gasteiger partial charge in [0.1, 0.15) is 32.7 Å². The maximum absolute atomic E-state index is 12.8. The van der Waals surface area contributed by atoms with E-state index in [-0.39, 0.29) is 11.9 Å². The third kappa shape index (κ3) is 5.12. The maximum atomic E-state index is 12.8. The second-order valence-electron chi connectivity index (χ2n) is 9.00. The Hall–Kier alpha value is -1.90. The fourth-order valence-electron chi connectivity index (χ4n) is 4.80. The Kier molecular flexibility index (Phi) is 7.09. The van der Waals surface area contributed by atoms with Crippen LogP contribution in [0, 0.1) is 23.2 Å². The first kappa shape index (κ1) is 20.8. The van der Waals surface area contributed by atoms with E-state index < -0.39 is 0 Å². The molecule has 28 heavy (non-hydrogen) atoms. The van der Waals surface area contributed by atoms with Crippen molar-refractivity contribution in [2.75, 3.05) is 26.2 Å². The number of rotatable bonds is 5. The molecule has 0 unspecified atom stereocenters. The molecule has 2 aliphatic rings. The quantitative estimate of drug-likeness (QED) is 0.678. The lowest BCUT2D eigenvalue weighted by atomic mass is 9.78. The van der Waals surface area contributed by atoms with Gasteiger partial charge in [-0.25, -0.2) is 0 Å². The van der Waals surface area contributed by atoms with Gasteiger partial charge < -0.3 is 15.1 Å². The molecule has 2 fully saturated rings. The van der Waals surface area contributed by atoms with Crippen molar-refractivity contribution in [3.63, 3.8) is 0 Å². The average molecular weight is 385 g/mol. The molecular weight excluding hydrogens is 348 g/mol. The predicted octanol–water partition coefficient (Wildman–Crippen LogP) is 0.171. The molecule has 1 saturated heterocycles. The van der Waals surface area contributed by atoms with Crippen molar-refractivity contribution in [3.8, 4) is 6.07 Å². The SMILES string of the molecule is C[C@@H]1[C@@H](C)CCC[C@H]1NC(=O)[C@@H](C)[NH+]1CC[NH+](Cc2ccc(C#N)cc2)CC1. The number of benzene rings is 1. The van der Waals surface area contributed by atoms with Gasteiger partial charge in [0, 0.05) is 11.6 Å². The Morgan fingerprint density at radius 3 is 2.50 bits per heavy atom. The summed E-state index contributed by atoms with van der Waals surface area (Å²) in [6.07, 6.45) is 3.65. The molecule has 1 aliphatic carbocycles. The van der Waals surface area contributed by atoms with Crippen LogP contribution in [0.25, 0.3) is 0 Å². The van der Waals surface area contributed by atoms with Crippen molar-refractivity contribution in [1.82, 2.24) is 5.32 Å². The number of quaternary nitrogens is 2. The van der Waals surface area contributed by atoms with Crippen LogP contribution in [0.15, 0.2) is 24.3 Å². The summed E-state index contributed by atoms with van der Waals surface area (Å²) in [5, 5.41) is 12.3. The lowest BCUT2D eigenvalue weighted by molar-refractivity contribution is -1.02. The number of nitrogens with one attached hydrogen (secondary N) is 3. The van der Waals surface area contributed by atoms with Gasteiger partial charge in [0.05, 0.1) is 11.6 Å². The van der Waals surface area contributed by atoms with E-state index in [0.29, 0.717) is 17.9 Å². The number of nitrogens with zero attached hydrogens (tertiary/aromatic N) is 1. The minimum atomic E-state index is 0.0286. The van der Waals surface area contributed by atoms with Crippen LogP contribution in [-0.2, 0) is 11.3 Å². The topological polar surface area (TPSA) is 61.8 Å². The van der Waals surface area contributed by atoms with Gasteiger partial charge in [-0.1, -0.05) is 38.8 Å². The molecule has 1 aliphatic heterocycles. The standard InChI is InChI=1S/C23H34N4O/c1-17-5-4-6-22(18(17)2)25-23(28)19(3)27-13-11-26(12-14-27)16-21-9-7-20(15-24)8-10-21/h7-10,17-19,22H,4-6,11-14,16H2,1-3H3,(H,25,28)/p+2/t17-,18+,19+,22+/m0/s1. The van der Waals surface area contributed by atoms with Crippen molar-refractivity contribution in [2.24, 2.45) is 11.8 Å². The molecule has 1 amide bonds. The Morgan fingerprint density at radius 2 is 1.86 bits per heavy atom. The van der Waals surface area contributed by atoms with Crippen LogP contribution in [0.4, 0.5) is 0 Å². The van der Waals surface area contributed by atoms with E-state index in [0.717, 1.165) is 44.7 Å². The highest BCUT2D eigenvalue weighted by Gasteiger charge is 2.34. The summed E-state index contributed by atoms with van der Waals surface area (Å²) in [6, 6.07) is 10.5. The molecule has 3 rings (SSSR count). The molecule has 4 atom stereocenters. The number of amides is 1. The summed E-state index contributed by atoms with van der Waals surface area (Å²) in [5.74, 6) is 1.51. The first-order chi connectivity index (χ1) is 13.5. The van der Waals surface area contributed by atoms with Crippen LogP contribution in [0.3, 0.4) is 0 Å². The zero-order valence-electron chi connectivity index (χ0n) is 17.6. The van der Waals surface area contributed by atoms with Gasteiger partial charge in [0.15, 0.2) is 6.04 Å².